The van der Waals surface area contributed by atoms with Crippen LogP contribution in [0, 0.1) is 0 Å². The zero-order valence-electron chi connectivity index (χ0n) is 14.3. The standard InChI is InChI=1S/C22H19N3O/c26-22(17-9-3-1-4-10-17)24-21(16-25-13-7-2-8-14-25)19-15-23-20-12-6-5-11-18(19)20/h1-15,21,23H,16H2/p+1. The van der Waals surface area contributed by atoms with Crippen molar-refractivity contribution < 1.29 is 9.36 Å². The highest BCUT2D eigenvalue weighted by Gasteiger charge is 2.22. The Morgan fingerprint density at radius 2 is 1.62 bits per heavy atom. The van der Waals surface area contributed by atoms with Crippen LogP contribution in [0.2, 0.25) is 0 Å². The molecule has 4 nitrogen and oxygen atoms in total. The average molecular weight is 342 g/mol. The summed E-state index contributed by atoms with van der Waals surface area (Å²) in [6, 6.07) is 23.3. The van der Waals surface area contributed by atoms with Crippen LogP contribution in [0.25, 0.3) is 10.9 Å². The molecule has 1 unspecified atom stereocenters. The van der Waals surface area contributed by atoms with Gasteiger partial charge in [0.1, 0.15) is 6.04 Å². The van der Waals surface area contributed by atoms with Crippen LogP contribution < -0.4 is 9.88 Å². The molecule has 0 fully saturated rings. The van der Waals surface area contributed by atoms with Crippen molar-refractivity contribution in [2.75, 3.05) is 0 Å². The lowest BCUT2D eigenvalue weighted by atomic mass is 10.0. The highest BCUT2D eigenvalue weighted by Crippen LogP contribution is 2.24. The number of pyridine rings is 1. The van der Waals surface area contributed by atoms with Crippen molar-refractivity contribution in [2.24, 2.45) is 0 Å². The molecule has 1 atom stereocenters. The first-order valence-corrected chi connectivity index (χ1v) is 8.67. The second-order valence-electron chi connectivity index (χ2n) is 6.25. The van der Waals surface area contributed by atoms with Crippen LogP contribution in [0.1, 0.15) is 22.0 Å². The van der Waals surface area contributed by atoms with Gasteiger partial charge in [-0.1, -0.05) is 42.5 Å². The molecular weight excluding hydrogens is 322 g/mol. The number of carbonyl (C=O) groups is 1. The maximum absolute atomic E-state index is 12.7. The normalized spacial score (nSPS) is 12.0. The topological polar surface area (TPSA) is 48.8 Å². The fraction of sp³-hybridized carbons (Fsp3) is 0.0909. The van der Waals surface area contributed by atoms with Crippen molar-refractivity contribution in [1.82, 2.24) is 10.3 Å². The van der Waals surface area contributed by atoms with Gasteiger partial charge in [-0.05, 0) is 18.2 Å². The molecule has 0 saturated carbocycles. The van der Waals surface area contributed by atoms with E-state index in [9.17, 15) is 4.79 Å². The second kappa shape index (κ2) is 7.23. The van der Waals surface area contributed by atoms with Crippen molar-refractivity contribution in [1.29, 1.82) is 0 Å². The summed E-state index contributed by atoms with van der Waals surface area (Å²) in [5, 5.41) is 4.32. The summed E-state index contributed by atoms with van der Waals surface area (Å²) in [6.07, 6.45) is 6.01. The number of benzene rings is 2. The van der Waals surface area contributed by atoms with Gasteiger partial charge in [0, 0.05) is 40.4 Å². The van der Waals surface area contributed by atoms with Crippen LogP contribution in [0.4, 0.5) is 0 Å². The van der Waals surface area contributed by atoms with Crippen LogP contribution in [-0.2, 0) is 6.54 Å². The highest BCUT2D eigenvalue weighted by molar-refractivity contribution is 5.95. The van der Waals surface area contributed by atoms with E-state index < -0.39 is 0 Å². The Labute approximate surface area is 152 Å². The van der Waals surface area contributed by atoms with Gasteiger partial charge in [0.2, 0.25) is 0 Å². The fourth-order valence-corrected chi connectivity index (χ4v) is 3.20. The lowest BCUT2D eigenvalue weighted by Gasteiger charge is -2.16. The summed E-state index contributed by atoms with van der Waals surface area (Å²) >= 11 is 0. The van der Waals surface area contributed by atoms with E-state index in [1.807, 2.05) is 85.3 Å². The maximum atomic E-state index is 12.7. The number of hydrogen-bond donors (Lipinski definition) is 2. The van der Waals surface area contributed by atoms with Gasteiger partial charge in [-0.25, -0.2) is 4.57 Å². The second-order valence-corrected chi connectivity index (χ2v) is 6.25. The molecule has 2 heterocycles. The van der Waals surface area contributed by atoms with E-state index in [4.69, 9.17) is 0 Å². The number of hydrogen-bond acceptors (Lipinski definition) is 1. The number of amides is 1. The third-order valence-corrected chi connectivity index (χ3v) is 4.51. The molecule has 1 amide bonds. The predicted octanol–water partition coefficient (Wildman–Crippen LogP) is 3.63. The first kappa shape index (κ1) is 16.1. The van der Waals surface area contributed by atoms with Gasteiger partial charge in [0.25, 0.3) is 5.91 Å². The zero-order chi connectivity index (χ0) is 17.8. The van der Waals surface area contributed by atoms with Crippen LogP contribution >= 0.6 is 0 Å². The predicted molar refractivity (Wildman–Crippen MR) is 102 cm³/mol. The first-order valence-electron chi connectivity index (χ1n) is 8.67. The Morgan fingerprint density at radius 1 is 0.923 bits per heavy atom. The van der Waals surface area contributed by atoms with E-state index >= 15 is 0 Å². The number of aromatic nitrogens is 2. The Bertz CT molecular complexity index is 1010. The molecule has 0 spiro atoms. The van der Waals surface area contributed by atoms with Crippen LogP contribution in [0.15, 0.2) is 91.4 Å². The van der Waals surface area contributed by atoms with Crippen molar-refractivity contribution in [2.45, 2.75) is 12.6 Å². The van der Waals surface area contributed by atoms with E-state index in [1.165, 1.54) is 0 Å². The zero-order valence-corrected chi connectivity index (χ0v) is 14.3. The highest BCUT2D eigenvalue weighted by atomic mass is 16.1. The summed E-state index contributed by atoms with van der Waals surface area (Å²) in [6.45, 7) is 0.654. The van der Waals surface area contributed by atoms with Crippen molar-refractivity contribution in [3.8, 4) is 0 Å². The minimum Gasteiger partial charge on any atom is -0.361 e. The molecule has 0 aliphatic rings. The Balaban J connectivity index is 1.68. The largest absolute Gasteiger partial charge is 0.361 e. The quantitative estimate of drug-likeness (QED) is 0.535. The lowest BCUT2D eigenvalue weighted by Crippen LogP contribution is -2.42. The molecule has 0 aliphatic heterocycles. The van der Waals surface area contributed by atoms with Gasteiger partial charge < -0.3 is 10.3 Å². The van der Waals surface area contributed by atoms with E-state index in [-0.39, 0.29) is 11.9 Å². The Kier molecular flexibility index (Phi) is 4.48. The number of H-pyrrole nitrogens is 1. The van der Waals surface area contributed by atoms with Gasteiger partial charge >= 0.3 is 0 Å². The third kappa shape index (κ3) is 3.35. The fourth-order valence-electron chi connectivity index (χ4n) is 3.20. The number of nitrogens with one attached hydrogen (secondary N) is 2. The molecule has 128 valence electrons. The van der Waals surface area contributed by atoms with Gasteiger partial charge in [-0.3, -0.25) is 4.79 Å². The number of carbonyl (C=O) groups excluding carboxylic acids is 1. The maximum Gasteiger partial charge on any atom is 0.251 e. The van der Waals surface area contributed by atoms with Crippen LogP contribution in [0.5, 0.6) is 0 Å². The molecule has 4 heteroatoms. The van der Waals surface area contributed by atoms with Crippen LogP contribution in [0.3, 0.4) is 0 Å². The minimum atomic E-state index is -0.147. The van der Waals surface area contributed by atoms with Gasteiger partial charge in [-0.2, -0.15) is 0 Å². The summed E-state index contributed by atoms with van der Waals surface area (Å²) < 4.78 is 2.08. The molecular formula is C22H20N3O+. The van der Waals surface area contributed by atoms with Crippen molar-refractivity contribution >= 4 is 16.8 Å². The Morgan fingerprint density at radius 3 is 2.42 bits per heavy atom. The molecule has 2 N–H and O–H groups in total. The minimum absolute atomic E-state index is 0.0718. The van der Waals surface area contributed by atoms with Crippen LogP contribution in [-0.4, -0.2) is 10.9 Å². The monoisotopic (exact) mass is 342 g/mol. The number of nitrogens with zero attached hydrogens (tertiary/aromatic N) is 1. The van der Waals surface area contributed by atoms with Gasteiger partial charge in [-0.15, -0.1) is 0 Å². The summed E-state index contributed by atoms with van der Waals surface area (Å²) in [5.74, 6) is -0.0718. The van der Waals surface area contributed by atoms with E-state index in [0.29, 0.717) is 12.1 Å². The molecule has 0 bridgehead atoms. The van der Waals surface area contributed by atoms with Gasteiger partial charge in [0.15, 0.2) is 18.9 Å². The molecule has 4 aromatic rings. The number of rotatable bonds is 5. The summed E-state index contributed by atoms with van der Waals surface area (Å²) in [5.41, 5.74) is 2.82. The Hall–Kier alpha value is -3.40. The lowest BCUT2D eigenvalue weighted by molar-refractivity contribution is -0.700. The van der Waals surface area contributed by atoms with E-state index in [1.54, 1.807) is 0 Å². The molecule has 0 saturated heterocycles. The first-order chi connectivity index (χ1) is 12.8. The van der Waals surface area contributed by atoms with E-state index in [0.717, 1.165) is 16.5 Å². The van der Waals surface area contributed by atoms with E-state index in [2.05, 4.69) is 20.9 Å². The molecule has 0 aliphatic carbocycles. The molecule has 0 radical (unpaired) electrons. The number of fused-ring (bicyclic) bond motifs is 1. The van der Waals surface area contributed by atoms with Crippen molar-refractivity contribution in [3.63, 3.8) is 0 Å². The number of para-hydroxylation sites is 1. The average Bonchev–Trinajstić information content (AvgIpc) is 3.13. The molecule has 26 heavy (non-hydrogen) atoms. The number of aromatic amines is 1. The van der Waals surface area contributed by atoms with Gasteiger partial charge in [0.05, 0.1) is 0 Å². The summed E-state index contributed by atoms with van der Waals surface area (Å²) in [4.78, 5) is 16.1. The molecule has 2 aromatic carbocycles. The third-order valence-electron chi connectivity index (χ3n) is 4.51. The smallest absolute Gasteiger partial charge is 0.251 e. The summed E-state index contributed by atoms with van der Waals surface area (Å²) in [7, 11) is 0. The molecule has 2 aromatic heterocycles. The SMILES string of the molecule is O=C(NC(C[n+]1ccccc1)c1c[nH]c2ccccc12)c1ccccc1. The van der Waals surface area contributed by atoms with Crippen molar-refractivity contribution in [3.05, 3.63) is 103 Å². The molecule has 4 rings (SSSR count).